The molecular formula is C15H20F2N2OS. The van der Waals surface area contributed by atoms with Gasteiger partial charge in [-0.15, -0.1) is 11.8 Å². The standard InChI is InChI=1S/C15H20F2N2OS/c1-19-15(14(18)20)7-2-3-10(15)6-8-21-13-9-11(16)4-5-12(13)17/h4-5,9-10,19H,2-3,6-8H2,1H3,(H2,18,20). The maximum atomic E-state index is 13.5. The summed E-state index contributed by atoms with van der Waals surface area (Å²) in [4.78, 5) is 12.0. The topological polar surface area (TPSA) is 55.1 Å². The molecule has 2 atom stereocenters. The zero-order valence-corrected chi connectivity index (χ0v) is 12.8. The third-order valence-corrected chi connectivity index (χ3v) is 5.39. The van der Waals surface area contributed by atoms with Gasteiger partial charge >= 0.3 is 0 Å². The van der Waals surface area contributed by atoms with E-state index < -0.39 is 17.2 Å². The second-order valence-corrected chi connectivity index (χ2v) is 6.52. The van der Waals surface area contributed by atoms with Gasteiger partial charge in [0.05, 0.1) is 0 Å². The van der Waals surface area contributed by atoms with Crippen LogP contribution in [0.15, 0.2) is 23.1 Å². The first-order valence-corrected chi connectivity index (χ1v) is 8.05. The number of primary amides is 1. The first-order valence-electron chi connectivity index (χ1n) is 7.06. The van der Waals surface area contributed by atoms with E-state index >= 15 is 0 Å². The number of benzene rings is 1. The predicted octanol–water partition coefficient (Wildman–Crippen LogP) is 2.69. The van der Waals surface area contributed by atoms with Crippen LogP contribution in [0.2, 0.25) is 0 Å². The molecule has 0 aliphatic heterocycles. The van der Waals surface area contributed by atoms with Crippen LogP contribution in [0.4, 0.5) is 8.78 Å². The van der Waals surface area contributed by atoms with Gasteiger partial charge in [-0.2, -0.15) is 0 Å². The van der Waals surface area contributed by atoms with Crippen molar-refractivity contribution in [1.29, 1.82) is 0 Å². The van der Waals surface area contributed by atoms with Gasteiger partial charge in [0.15, 0.2) is 0 Å². The third-order valence-electron chi connectivity index (χ3n) is 4.32. The fraction of sp³-hybridized carbons (Fsp3) is 0.533. The van der Waals surface area contributed by atoms with Crippen molar-refractivity contribution in [3.8, 4) is 0 Å². The number of hydrogen-bond acceptors (Lipinski definition) is 3. The van der Waals surface area contributed by atoms with Crippen LogP contribution in [0.3, 0.4) is 0 Å². The lowest BCUT2D eigenvalue weighted by Crippen LogP contribution is -2.56. The molecule has 1 fully saturated rings. The Bertz CT molecular complexity index is 526. The summed E-state index contributed by atoms with van der Waals surface area (Å²) in [6, 6.07) is 3.44. The monoisotopic (exact) mass is 314 g/mol. The number of thioether (sulfide) groups is 1. The zero-order chi connectivity index (χ0) is 15.5. The summed E-state index contributed by atoms with van der Waals surface area (Å²) >= 11 is 1.28. The summed E-state index contributed by atoms with van der Waals surface area (Å²) in [6.07, 6.45) is 3.36. The number of rotatable bonds is 6. The lowest BCUT2D eigenvalue weighted by atomic mass is 9.84. The molecule has 0 aromatic heterocycles. The average Bonchev–Trinajstić information content (AvgIpc) is 2.87. The van der Waals surface area contributed by atoms with Crippen molar-refractivity contribution in [2.24, 2.45) is 11.7 Å². The van der Waals surface area contributed by atoms with E-state index in [1.807, 2.05) is 0 Å². The smallest absolute Gasteiger partial charge is 0.238 e. The Kier molecular flexibility index (Phi) is 5.22. The molecule has 0 spiro atoms. The molecule has 0 bridgehead atoms. The lowest BCUT2D eigenvalue weighted by Gasteiger charge is -2.32. The first-order chi connectivity index (χ1) is 9.99. The normalized spacial score (nSPS) is 25.2. The molecule has 1 aliphatic carbocycles. The van der Waals surface area contributed by atoms with E-state index in [0.717, 1.165) is 37.8 Å². The van der Waals surface area contributed by atoms with Crippen LogP contribution in [-0.4, -0.2) is 24.2 Å². The fourth-order valence-electron chi connectivity index (χ4n) is 3.14. The molecule has 1 aromatic rings. The molecule has 0 radical (unpaired) electrons. The van der Waals surface area contributed by atoms with E-state index in [-0.39, 0.29) is 11.8 Å². The highest BCUT2D eigenvalue weighted by Gasteiger charge is 2.45. The Morgan fingerprint density at radius 1 is 1.52 bits per heavy atom. The number of nitrogens with one attached hydrogen (secondary N) is 1. The second-order valence-electron chi connectivity index (χ2n) is 5.39. The van der Waals surface area contributed by atoms with Gasteiger partial charge in [-0.1, -0.05) is 6.42 Å². The van der Waals surface area contributed by atoms with Gasteiger partial charge in [0, 0.05) is 4.90 Å². The second kappa shape index (κ2) is 6.75. The van der Waals surface area contributed by atoms with Crippen LogP contribution in [0, 0.1) is 17.6 Å². The van der Waals surface area contributed by atoms with Crippen LogP contribution in [0.25, 0.3) is 0 Å². The molecular weight excluding hydrogens is 294 g/mol. The van der Waals surface area contributed by atoms with Gasteiger partial charge in [0.25, 0.3) is 0 Å². The van der Waals surface area contributed by atoms with E-state index in [9.17, 15) is 13.6 Å². The maximum absolute atomic E-state index is 13.5. The lowest BCUT2D eigenvalue weighted by molar-refractivity contribution is -0.125. The molecule has 3 N–H and O–H groups in total. The summed E-state index contributed by atoms with van der Waals surface area (Å²) < 4.78 is 26.7. The van der Waals surface area contributed by atoms with Gasteiger partial charge in [0.1, 0.15) is 17.2 Å². The minimum Gasteiger partial charge on any atom is -0.368 e. The average molecular weight is 314 g/mol. The fourth-order valence-corrected chi connectivity index (χ4v) is 4.17. The molecule has 21 heavy (non-hydrogen) atoms. The summed E-state index contributed by atoms with van der Waals surface area (Å²) in [7, 11) is 1.75. The molecule has 6 heteroatoms. The first kappa shape index (κ1) is 16.2. The highest BCUT2D eigenvalue weighted by atomic mass is 32.2. The Balaban J connectivity index is 1.96. The number of nitrogens with two attached hydrogens (primary N) is 1. The van der Waals surface area contributed by atoms with Crippen LogP contribution in [0.5, 0.6) is 0 Å². The number of halogens is 2. The highest BCUT2D eigenvalue weighted by molar-refractivity contribution is 7.99. The minimum atomic E-state index is -0.652. The quantitative estimate of drug-likeness (QED) is 0.794. The molecule has 0 heterocycles. The maximum Gasteiger partial charge on any atom is 0.238 e. The number of amides is 1. The van der Waals surface area contributed by atoms with E-state index in [1.165, 1.54) is 17.8 Å². The summed E-state index contributed by atoms with van der Waals surface area (Å²) in [5, 5.41) is 3.08. The van der Waals surface area contributed by atoms with Gasteiger partial charge in [-0.3, -0.25) is 4.79 Å². The van der Waals surface area contributed by atoms with Crippen LogP contribution >= 0.6 is 11.8 Å². The molecule has 3 nitrogen and oxygen atoms in total. The minimum absolute atomic E-state index is 0.143. The Labute approximate surface area is 127 Å². The summed E-state index contributed by atoms with van der Waals surface area (Å²) in [5.41, 5.74) is 4.89. The van der Waals surface area contributed by atoms with Crippen LogP contribution in [0.1, 0.15) is 25.7 Å². The Hall–Kier alpha value is -1.14. The summed E-state index contributed by atoms with van der Waals surface area (Å²) in [5.74, 6) is -0.412. The predicted molar refractivity (Wildman–Crippen MR) is 80.0 cm³/mol. The van der Waals surface area contributed by atoms with Gasteiger partial charge in [-0.25, -0.2) is 8.78 Å². The van der Waals surface area contributed by atoms with Crippen molar-refractivity contribution in [2.45, 2.75) is 36.1 Å². The highest BCUT2D eigenvalue weighted by Crippen LogP contribution is 2.39. The van der Waals surface area contributed by atoms with Crippen molar-refractivity contribution in [1.82, 2.24) is 5.32 Å². The van der Waals surface area contributed by atoms with Crippen molar-refractivity contribution in [2.75, 3.05) is 12.8 Å². The molecule has 1 aromatic carbocycles. The van der Waals surface area contributed by atoms with Crippen LogP contribution < -0.4 is 11.1 Å². The van der Waals surface area contributed by atoms with Crippen molar-refractivity contribution >= 4 is 17.7 Å². The SMILES string of the molecule is CNC1(C(N)=O)CCCC1CCSc1cc(F)ccc1F. The molecule has 1 amide bonds. The Morgan fingerprint density at radius 3 is 2.95 bits per heavy atom. The van der Waals surface area contributed by atoms with E-state index in [1.54, 1.807) is 7.05 Å². The van der Waals surface area contributed by atoms with Crippen molar-refractivity contribution < 1.29 is 13.6 Å². The molecule has 2 unspecified atom stereocenters. The molecule has 1 aliphatic rings. The number of likely N-dealkylation sites (N-methyl/N-ethyl adjacent to an activating group) is 1. The largest absolute Gasteiger partial charge is 0.368 e. The molecule has 0 saturated heterocycles. The third kappa shape index (κ3) is 3.37. The van der Waals surface area contributed by atoms with Gasteiger partial charge in [-0.05, 0) is 56.2 Å². The van der Waals surface area contributed by atoms with E-state index in [4.69, 9.17) is 5.73 Å². The van der Waals surface area contributed by atoms with Gasteiger partial charge < -0.3 is 11.1 Å². The van der Waals surface area contributed by atoms with Crippen LogP contribution in [-0.2, 0) is 4.79 Å². The van der Waals surface area contributed by atoms with E-state index in [2.05, 4.69) is 5.32 Å². The van der Waals surface area contributed by atoms with Crippen molar-refractivity contribution in [3.05, 3.63) is 29.8 Å². The van der Waals surface area contributed by atoms with E-state index in [0.29, 0.717) is 10.6 Å². The molecule has 116 valence electrons. The van der Waals surface area contributed by atoms with Crippen molar-refractivity contribution in [3.63, 3.8) is 0 Å². The number of hydrogen-bond donors (Lipinski definition) is 2. The molecule has 2 rings (SSSR count). The number of carbonyl (C=O) groups excluding carboxylic acids is 1. The molecule has 1 saturated carbocycles. The zero-order valence-electron chi connectivity index (χ0n) is 12.0. The Morgan fingerprint density at radius 2 is 2.29 bits per heavy atom. The number of carbonyl (C=O) groups is 1. The summed E-state index contributed by atoms with van der Waals surface area (Å²) in [6.45, 7) is 0. The van der Waals surface area contributed by atoms with Gasteiger partial charge in [0.2, 0.25) is 5.91 Å².